The number of nitriles is 1. The average molecular weight is 367 g/mol. The minimum atomic E-state index is 0.538. The molecule has 1 aliphatic rings. The first-order valence-electron chi connectivity index (χ1n) is 10.1. The Morgan fingerprint density at radius 2 is 2.15 bits per heavy atom. The molecule has 144 valence electrons. The molecule has 0 atom stereocenters. The number of hydrogen-bond donors (Lipinski definition) is 1. The molecule has 2 aromatic rings. The van der Waals surface area contributed by atoms with Crippen LogP contribution in [-0.2, 0) is 25.9 Å². The van der Waals surface area contributed by atoms with E-state index in [4.69, 9.17) is 10.00 Å². The lowest BCUT2D eigenvalue weighted by Crippen LogP contribution is -2.16. The summed E-state index contributed by atoms with van der Waals surface area (Å²) in [6.07, 6.45) is 8.18. The van der Waals surface area contributed by atoms with E-state index >= 15 is 0 Å². The van der Waals surface area contributed by atoms with Gasteiger partial charge in [0.25, 0.3) is 0 Å². The summed E-state index contributed by atoms with van der Waals surface area (Å²) in [6, 6.07) is 10.3. The monoisotopic (exact) mass is 367 g/mol. The highest BCUT2D eigenvalue weighted by Crippen LogP contribution is 2.16. The van der Waals surface area contributed by atoms with Gasteiger partial charge in [0, 0.05) is 32.4 Å². The standard InChI is InChI=1S/C21H29N5O/c22-12-3-5-15-27-19-9-6-8-18(16-19)17-23-13-7-11-21-25-24-20-10-2-1-4-14-26(20)21/h6,8-9,16,23H,1-5,7,10-11,13-15,17H2. The zero-order valence-electron chi connectivity index (χ0n) is 16.0. The third-order valence-corrected chi connectivity index (χ3v) is 4.87. The molecule has 0 saturated heterocycles. The van der Waals surface area contributed by atoms with Gasteiger partial charge in [0.15, 0.2) is 0 Å². The molecule has 6 heteroatoms. The molecule has 0 fully saturated rings. The maximum atomic E-state index is 8.56. The first-order valence-corrected chi connectivity index (χ1v) is 10.1. The Morgan fingerprint density at radius 3 is 3.07 bits per heavy atom. The van der Waals surface area contributed by atoms with Crippen LogP contribution in [0.15, 0.2) is 24.3 Å². The maximum Gasteiger partial charge on any atom is 0.133 e. The lowest BCUT2D eigenvalue weighted by atomic mass is 10.2. The summed E-state index contributed by atoms with van der Waals surface area (Å²) in [6.45, 7) is 3.45. The van der Waals surface area contributed by atoms with Gasteiger partial charge in [0.1, 0.15) is 17.4 Å². The van der Waals surface area contributed by atoms with Gasteiger partial charge in [-0.1, -0.05) is 18.6 Å². The van der Waals surface area contributed by atoms with Gasteiger partial charge in [-0.05, 0) is 49.9 Å². The van der Waals surface area contributed by atoms with E-state index in [-0.39, 0.29) is 0 Å². The fourth-order valence-electron chi connectivity index (χ4n) is 3.42. The van der Waals surface area contributed by atoms with E-state index in [0.717, 1.165) is 56.9 Å². The maximum absolute atomic E-state index is 8.56. The largest absolute Gasteiger partial charge is 0.494 e. The summed E-state index contributed by atoms with van der Waals surface area (Å²) >= 11 is 0. The normalized spacial score (nSPS) is 13.6. The molecule has 0 aliphatic carbocycles. The highest BCUT2D eigenvalue weighted by Gasteiger charge is 2.13. The molecule has 1 aliphatic heterocycles. The van der Waals surface area contributed by atoms with Gasteiger partial charge in [-0.3, -0.25) is 0 Å². The second-order valence-electron chi connectivity index (χ2n) is 7.03. The minimum absolute atomic E-state index is 0.538. The van der Waals surface area contributed by atoms with Crippen molar-refractivity contribution in [3.8, 4) is 11.8 Å². The fourth-order valence-corrected chi connectivity index (χ4v) is 3.42. The first kappa shape index (κ1) is 19.4. The van der Waals surface area contributed by atoms with Crippen molar-refractivity contribution in [2.45, 2.75) is 64.5 Å². The van der Waals surface area contributed by atoms with E-state index in [0.29, 0.717) is 13.0 Å². The molecule has 3 rings (SSSR count). The molecule has 6 nitrogen and oxygen atoms in total. The molecular formula is C21H29N5O. The van der Waals surface area contributed by atoms with Crippen LogP contribution in [0.3, 0.4) is 0 Å². The van der Waals surface area contributed by atoms with Crippen LogP contribution < -0.4 is 10.1 Å². The van der Waals surface area contributed by atoms with Crippen LogP contribution in [0.2, 0.25) is 0 Å². The van der Waals surface area contributed by atoms with Crippen LogP contribution in [0.1, 0.15) is 55.7 Å². The van der Waals surface area contributed by atoms with Gasteiger partial charge in [-0.25, -0.2) is 0 Å². The number of rotatable bonds is 10. The van der Waals surface area contributed by atoms with Crippen LogP contribution in [0.25, 0.3) is 0 Å². The van der Waals surface area contributed by atoms with E-state index in [2.05, 4.69) is 38.3 Å². The lowest BCUT2D eigenvalue weighted by Gasteiger charge is -2.09. The van der Waals surface area contributed by atoms with E-state index in [1.54, 1.807) is 0 Å². The second kappa shape index (κ2) is 10.7. The van der Waals surface area contributed by atoms with E-state index < -0.39 is 0 Å². The van der Waals surface area contributed by atoms with Crippen LogP contribution >= 0.6 is 0 Å². The summed E-state index contributed by atoms with van der Waals surface area (Å²) in [5.74, 6) is 3.18. The van der Waals surface area contributed by atoms with Gasteiger partial charge in [-0.15, -0.1) is 10.2 Å². The molecule has 0 saturated carbocycles. The average Bonchev–Trinajstić information content (AvgIpc) is 2.92. The minimum Gasteiger partial charge on any atom is -0.494 e. The summed E-state index contributed by atoms with van der Waals surface area (Å²) in [7, 11) is 0. The van der Waals surface area contributed by atoms with Crippen molar-refractivity contribution >= 4 is 0 Å². The zero-order chi connectivity index (χ0) is 18.7. The third kappa shape index (κ3) is 6.07. The van der Waals surface area contributed by atoms with Crippen LogP contribution in [0, 0.1) is 11.3 Å². The number of aryl methyl sites for hydroxylation is 2. The van der Waals surface area contributed by atoms with E-state index in [1.165, 1.54) is 30.7 Å². The molecular weight excluding hydrogens is 338 g/mol. The summed E-state index contributed by atoms with van der Waals surface area (Å²) in [4.78, 5) is 0. The van der Waals surface area contributed by atoms with E-state index in [1.807, 2.05) is 12.1 Å². The molecule has 0 unspecified atom stereocenters. The number of benzene rings is 1. The summed E-state index contributed by atoms with van der Waals surface area (Å²) in [5.41, 5.74) is 1.21. The number of unbranched alkanes of at least 4 members (excludes halogenated alkanes) is 1. The number of ether oxygens (including phenoxy) is 1. The van der Waals surface area contributed by atoms with Crippen molar-refractivity contribution in [2.75, 3.05) is 13.2 Å². The van der Waals surface area contributed by atoms with Crippen molar-refractivity contribution in [2.24, 2.45) is 0 Å². The lowest BCUT2D eigenvalue weighted by molar-refractivity contribution is 0.312. The van der Waals surface area contributed by atoms with Crippen LogP contribution in [-0.4, -0.2) is 27.9 Å². The Balaban J connectivity index is 1.37. The molecule has 1 aromatic heterocycles. The summed E-state index contributed by atoms with van der Waals surface area (Å²) in [5, 5.41) is 20.8. The number of nitrogens with one attached hydrogen (secondary N) is 1. The van der Waals surface area contributed by atoms with Crippen LogP contribution in [0.5, 0.6) is 5.75 Å². The van der Waals surface area contributed by atoms with Crippen molar-refractivity contribution in [3.63, 3.8) is 0 Å². The molecule has 0 spiro atoms. The van der Waals surface area contributed by atoms with Crippen molar-refractivity contribution in [1.29, 1.82) is 5.26 Å². The molecule has 1 aromatic carbocycles. The fraction of sp³-hybridized carbons (Fsp3) is 0.571. The van der Waals surface area contributed by atoms with Crippen molar-refractivity contribution < 1.29 is 4.74 Å². The Kier molecular flexibility index (Phi) is 7.67. The number of nitrogens with zero attached hydrogens (tertiary/aromatic N) is 4. The third-order valence-electron chi connectivity index (χ3n) is 4.87. The second-order valence-corrected chi connectivity index (χ2v) is 7.03. The molecule has 2 heterocycles. The Labute approximate surface area is 161 Å². The highest BCUT2D eigenvalue weighted by atomic mass is 16.5. The Hall–Kier alpha value is -2.39. The first-order chi connectivity index (χ1) is 13.4. The molecule has 0 radical (unpaired) electrons. The predicted molar refractivity (Wildman–Crippen MR) is 104 cm³/mol. The van der Waals surface area contributed by atoms with E-state index in [9.17, 15) is 0 Å². The SMILES string of the molecule is N#CCCCOc1cccc(CNCCCc2nnc3n2CCCCC3)c1. The Bertz CT molecular complexity index is 749. The molecule has 0 bridgehead atoms. The number of fused-ring (bicyclic) bond motifs is 1. The van der Waals surface area contributed by atoms with Gasteiger partial charge >= 0.3 is 0 Å². The molecule has 0 amide bonds. The highest BCUT2D eigenvalue weighted by molar-refractivity contribution is 5.28. The molecule has 27 heavy (non-hydrogen) atoms. The van der Waals surface area contributed by atoms with Gasteiger partial charge in [-0.2, -0.15) is 5.26 Å². The predicted octanol–water partition coefficient (Wildman–Crippen LogP) is 3.41. The van der Waals surface area contributed by atoms with Crippen molar-refractivity contribution in [3.05, 3.63) is 41.5 Å². The zero-order valence-corrected chi connectivity index (χ0v) is 16.0. The smallest absolute Gasteiger partial charge is 0.133 e. The number of hydrogen-bond acceptors (Lipinski definition) is 5. The topological polar surface area (TPSA) is 75.8 Å². The molecule has 1 N–H and O–H groups in total. The van der Waals surface area contributed by atoms with Gasteiger partial charge in [0.2, 0.25) is 0 Å². The summed E-state index contributed by atoms with van der Waals surface area (Å²) < 4.78 is 8.02. The van der Waals surface area contributed by atoms with Crippen LogP contribution in [0.4, 0.5) is 0 Å². The quantitative estimate of drug-likeness (QED) is 0.651. The van der Waals surface area contributed by atoms with Gasteiger partial charge < -0.3 is 14.6 Å². The number of aromatic nitrogens is 3. The van der Waals surface area contributed by atoms with Crippen molar-refractivity contribution in [1.82, 2.24) is 20.1 Å². The van der Waals surface area contributed by atoms with Gasteiger partial charge in [0.05, 0.1) is 12.7 Å². The Morgan fingerprint density at radius 1 is 1.19 bits per heavy atom.